The van der Waals surface area contributed by atoms with Crippen LogP contribution in [0.25, 0.3) is 0 Å². The second kappa shape index (κ2) is 18.6. The van der Waals surface area contributed by atoms with E-state index in [1.807, 2.05) is 0 Å². The van der Waals surface area contributed by atoms with Gasteiger partial charge in [-0.05, 0) is 180 Å². The van der Waals surface area contributed by atoms with E-state index in [1.165, 1.54) is 0 Å². The molecule has 1 aliphatic heterocycles. The Morgan fingerprint density at radius 3 is 0.521 bits per heavy atom. The average molecular weight is 1320 g/mol. The summed E-state index contributed by atoms with van der Waals surface area (Å²) in [5, 5.41) is 0. The minimum Gasteiger partial charge on any atom is -0.209 e. The molecule has 0 fully saturated rings. The normalized spacial score (nSPS) is 37.4. The van der Waals surface area contributed by atoms with Gasteiger partial charge in [-0.1, -0.05) is 0 Å². The summed E-state index contributed by atoms with van der Waals surface area (Å²) in [6.45, 7) is 0. The average Bonchev–Trinajstić information content (AvgIpc) is 2.52. The molecule has 0 amide bonds. The molecule has 0 aromatic carbocycles. The maximum Gasteiger partial charge on any atom is 0.265 e. The summed E-state index contributed by atoms with van der Waals surface area (Å²) in [5.74, 6) is -35.8. The Morgan fingerprint density at radius 1 is 0.271 bits per heavy atom. The van der Waals surface area contributed by atoms with Crippen molar-refractivity contribution in [2.75, 3.05) is 0 Å². The van der Waals surface area contributed by atoms with Crippen LogP contribution in [-0.2, 0) is 36.5 Å². The maximum absolute atomic E-state index is 12.9. The van der Waals surface area contributed by atoms with Crippen LogP contribution in [0.4, 0.5) is 0 Å². The zero-order valence-electron chi connectivity index (χ0n) is 19.8. The van der Waals surface area contributed by atoms with Crippen molar-refractivity contribution in [1.82, 2.24) is 0 Å². The van der Waals surface area contributed by atoms with Gasteiger partial charge < -0.3 is 0 Å². The summed E-state index contributed by atoms with van der Waals surface area (Å²) in [5.41, 5.74) is 0. The van der Waals surface area contributed by atoms with Crippen LogP contribution in [0, 0.1) is 0 Å². The Morgan fingerprint density at radius 2 is 0.396 bits per heavy atom. The van der Waals surface area contributed by atoms with Gasteiger partial charge in [-0.15, -0.1) is 33.1 Å². The largest absolute Gasteiger partial charge is 0.265 e. The van der Waals surface area contributed by atoms with Crippen molar-refractivity contribution in [3.8, 4) is 0 Å². The summed E-state index contributed by atoms with van der Waals surface area (Å²) in [6, 6.07) is 0. The van der Waals surface area contributed by atoms with Gasteiger partial charge >= 0.3 is 0 Å². The van der Waals surface area contributed by atoms with Crippen molar-refractivity contribution in [3.05, 3.63) is 0 Å². The van der Waals surface area contributed by atoms with E-state index in [0.717, 1.165) is 0 Å². The fraction of sp³-hybridized carbons (Fsp3) is 0. The Balaban J connectivity index is 4.65. The highest BCUT2D eigenvalue weighted by Gasteiger charge is 2.31. The second-order valence-electron chi connectivity index (χ2n) is 6.38. The molecule has 0 saturated heterocycles. The highest BCUT2D eigenvalue weighted by molar-refractivity contribution is 8.31. The zero-order chi connectivity index (χ0) is 38.5. The summed E-state index contributed by atoms with van der Waals surface area (Å²) in [6.07, 6.45) is 0. The van der Waals surface area contributed by atoms with Crippen LogP contribution in [0.5, 0.6) is 0 Å². The van der Waals surface area contributed by atoms with Crippen molar-refractivity contribution in [3.63, 3.8) is 0 Å². The highest BCUT2D eigenvalue weighted by Crippen LogP contribution is 2.81. The van der Waals surface area contributed by atoms with Crippen LogP contribution in [-0.4, -0.2) is 16.8 Å². The van der Waals surface area contributed by atoms with E-state index in [-0.39, 0.29) is 0 Å². The molecule has 1 heterocycles. The van der Waals surface area contributed by atoms with Crippen molar-refractivity contribution < 1.29 is 16.8 Å². The number of halogens is 20. The molecule has 16 nitrogen and oxygen atoms in total. The zero-order valence-corrected chi connectivity index (χ0v) is 45.3. The molecule has 4 atom stereocenters. The lowest BCUT2D eigenvalue weighted by molar-refractivity contribution is 0.687. The van der Waals surface area contributed by atoms with E-state index in [2.05, 4.69) is 51.2 Å². The Kier molecular flexibility index (Phi) is 20.7. The fourth-order valence-corrected chi connectivity index (χ4v) is 60.8. The molecule has 288 valence electrons. The van der Waals surface area contributed by atoms with E-state index >= 15 is 0 Å². The molecule has 48 heteroatoms. The predicted molar refractivity (Wildman–Crippen MR) is 234 cm³/mol. The molecule has 0 spiro atoms. The van der Waals surface area contributed by atoms with E-state index in [9.17, 15) is 16.8 Å². The van der Waals surface area contributed by atoms with Crippen LogP contribution in [0.2, 0.25) is 0 Å². The van der Waals surface area contributed by atoms with Gasteiger partial charge in [-0.3, -0.25) is 0 Å². The fourth-order valence-electron chi connectivity index (χ4n) is 1.68. The lowest BCUT2D eigenvalue weighted by Gasteiger charge is -2.11. The first-order valence-corrected chi connectivity index (χ1v) is 45.9. The third-order valence-corrected chi connectivity index (χ3v) is 45.1. The summed E-state index contributed by atoms with van der Waals surface area (Å²) < 4.78 is 91.9. The number of nitrogens with zero attached hydrogens (tertiary/aromatic N) is 12. The molecule has 0 bridgehead atoms. The van der Waals surface area contributed by atoms with Gasteiger partial charge in [-0.2, -0.15) is 18.1 Å². The van der Waals surface area contributed by atoms with Gasteiger partial charge in [0.15, 0.2) is 0 Å². The Bertz CT molecular complexity index is 1970. The summed E-state index contributed by atoms with van der Waals surface area (Å²) in [7, 11) is 4.58. The number of hydrogen-bond acceptors (Lipinski definition) is 12. The van der Waals surface area contributed by atoms with Crippen LogP contribution < -0.4 is 0 Å². The monoisotopic (exact) mass is 1310 g/mol. The van der Waals surface area contributed by atoms with E-state index < -0.39 is 83.8 Å². The molecule has 1 rings (SSSR count). The third-order valence-electron chi connectivity index (χ3n) is 2.45. The first-order chi connectivity index (χ1) is 20.5. The Hall–Kier alpha value is 7.44. The molecular formula is Cl20N12O4P8S4. The quantitative estimate of drug-likeness (QED) is 0.171. The van der Waals surface area contributed by atoms with Gasteiger partial charge in [0, 0.05) is 42.7 Å². The standard InChI is InChI=1S/Cl20N12O4P8S4/c1-37(2)21-38(3,4)26-46(18,34)28-41(9,10)23-42(11,12)30-48(20,36)32-44(15,16)24-43(13,14)31-47(19,35)29-40(7,8)22-39(5,6)27-45(17,33)25-37. The second-order valence-corrected chi connectivity index (χ2v) is 56.8. The minimum absolute atomic E-state index is 3.29. The van der Waals surface area contributed by atoms with Gasteiger partial charge in [0.1, 0.15) is 0 Å². The molecule has 0 N–H and O–H groups in total. The summed E-state index contributed by atoms with van der Waals surface area (Å²) >= 11 is 95.7. The smallest absolute Gasteiger partial charge is 0.209 e. The van der Waals surface area contributed by atoms with Gasteiger partial charge in [0.05, 0.1) is 0 Å². The number of hydrogen-bond donors (Lipinski definition) is 0. The molecular weight excluding hydrogens is 1320 g/mol. The topological polar surface area (TPSA) is 217 Å². The van der Waals surface area contributed by atoms with E-state index in [0.29, 0.717) is 0 Å². The maximum atomic E-state index is 12.9. The van der Waals surface area contributed by atoms with Gasteiger partial charge in [0.25, 0.3) is 47.3 Å². The first kappa shape index (κ1) is 53.5. The van der Waals surface area contributed by atoms with Crippen molar-refractivity contribution in [1.29, 1.82) is 0 Å². The number of rotatable bonds is 0. The van der Waals surface area contributed by atoms with Crippen LogP contribution >= 0.6 is 270 Å². The highest BCUT2D eigenvalue weighted by atomic mass is 35.9. The summed E-state index contributed by atoms with van der Waals surface area (Å²) in [4.78, 5) is 0. The van der Waals surface area contributed by atoms with Crippen LogP contribution in [0.15, 0.2) is 51.2 Å². The molecule has 0 aromatic rings. The van der Waals surface area contributed by atoms with Crippen molar-refractivity contribution >= 4 is 306 Å². The van der Waals surface area contributed by atoms with E-state index in [4.69, 9.17) is 223 Å². The van der Waals surface area contributed by atoms with E-state index in [1.54, 1.807) is 0 Å². The lowest BCUT2D eigenvalue weighted by Crippen LogP contribution is -1.81. The van der Waals surface area contributed by atoms with Gasteiger partial charge in [-0.25, -0.2) is 16.8 Å². The molecule has 48 heavy (non-hydrogen) atoms. The molecule has 4 unspecified atom stereocenters. The van der Waals surface area contributed by atoms with Gasteiger partial charge in [0.2, 0.25) is 36.5 Å². The Labute approximate surface area is 368 Å². The van der Waals surface area contributed by atoms with Crippen LogP contribution in [0.3, 0.4) is 0 Å². The van der Waals surface area contributed by atoms with Crippen molar-refractivity contribution in [2.24, 2.45) is 51.2 Å². The predicted octanol–water partition coefficient (Wildman–Crippen LogP) is 21.5. The minimum atomic E-state index is -4.63. The molecule has 0 saturated carbocycles. The molecule has 1 aliphatic rings. The molecule has 0 aromatic heterocycles. The lowest BCUT2D eigenvalue weighted by atomic mass is 13.8. The molecule has 0 radical (unpaired) electrons. The van der Waals surface area contributed by atoms with Crippen molar-refractivity contribution in [2.45, 2.75) is 0 Å². The first-order valence-electron chi connectivity index (χ1n) is 8.65. The third kappa shape index (κ3) is 23.3. The molecule has 0 aliphatic carbocycles. The SMILES string of the molecule is O=S1(Cl)=NP(Cl)(Cl)=NP(Cl)(Cl)=NS(=O)(Cl)=NP(Cl)(Cl)=NP(Cl)(Cl)=NS(=O)(Cl)=NP(Cl)(Cl)=NP(Cl)(Cl)=NS(=O)(Cl)=NP(Cl)(Cl)=NP(Cl)(Cl)=N1. The van der Waals surface area contributed by atoms with Crippen LogP contribution in [0.1, 0.15) is 0 Å².